The highest BCUT2D eigenvalue weighted by Crippen LogP contribution is 2.32. The van der Waals surface area contributed by atoms with Crippen molar-refractivity contribution in [2.45, 2.75) is 6.54 Å². The summed E-state index contributed by atoms with van der Waals surface area (Å²) in [6.45, 7) is 0.353. The van der Waals surface area contributed by atoms with Gasteiger partial charge in [0.25, 0.3) is 5.91 Å². The van der Waals surface area contributed by atoms with Crippen molar-refractivity contribution in [1.29, 1.82) is 5.26 Å². The highest BCUT2D eigenvalue weighted by molar-refractivity contribution is 7.11. The number of rotatable bonds is 5. The normalized spacial score (nSPS) is 11.2. The third kappa shape index (κ3) is 4.23. The van der Waals surface area contributed by atoms with E-state index in [0.717, 1.165) is 21.6 Å². The molecule has 0 aliphatic carbocycles. The molecule has 0 radical (unpaired) electrons. The molecular weight excluding hydrogens is 378 g/mol. The summed E-state index contributed by atoms with van der Waals surface area (Å²) >= 11 is 1.51. The minimum absolute atomic E-state index is 0.0883. The Morgan fingerprint density at radius 2 is 1.90 bits per heavy atom. The number of benzene rings is 2. The Kier molecular flexibility index (Phi) is 5.46. The molecule has 0 aliphatic heterocycles. The van der Waals surface area contributed by atoms with Crippen LogP contribution in [-0.2, 0) is 11.3 Å². The number of fused-ring (bicyclic) bond motifs is 1. The molecule has 140 valence electrons. The Labute approximate surface area is 172 Å². The molecule has 1 N–H and O–H groups in total. The summed E-state index contributed by atoms with van der Waals surface area (Å²) in [5.41, 5.74) is 3.23. The van der Waals surface area contributed by atoms with Gasteiger partial charge in [-0.25, -0.2) is 0 Å². The standard InChI is InChI=1S/C24H17N3OS/c25-14-19(24(28)27-15-17-8-10-26-11-9-17)12-21-13-20(16-29-21)23-7-3-5-18-4-1-2-6-22(18)23/h1-13,16H,15H2,(H,27,28)/b19-12+. The number of nitrogens with one attached hydrogen (secondary N) is 1. The monoisotopic (exact) mass is 395 g/mol. The van der Waals surface area contributed by atoms with E-state index in [0.29, 0.717) is 6.54 Å². The maximum absolute atomic E-state index is 12.4. The number of pyridine rings is 1. The van der Waals surface area contributed by atoms with E-state index in [1.165, 1.54) is 22.1 Å². The smallest absolute Gasteiger partial charge is 0.262 e. The Morgan fingerprint density at radius 1 is 1.10 bits per heavy atom. The maximum Gasteiger partial charge on any atom is 0.262 e. The topological polar surface area (TPSA) is 65.8 Å². The molecule has 4 nitrogen and oxygen atoms in total. The van der Waals surface area contributed by atoms with E-state index in [1.54, 1.807) is 18.5 Å². The number of aromatic nitrogens is 1. The summed E-state index contributed by atoms with van der Waals surface area (Å²) in [6, 6.07) is 22.1. The number of nitrogens with zero attached hydrogens (tertiary/aromatic N) is 2. The third-order valence-corrected chi connectivity index (χ3v) is 5.45. The summed E-state index contributed by atoms with van der Waals surface area (Å²) in [4.78, 5) is 17.2. The first-order valence-electron chi connectivity index (χ1n) is 9.10. The van der Waals surface area contributed by atoms with E-state index in [4.69, 9.17) is 0 Å². The summed E-state index contributed by atoms with van der Waals surface area (Å²) in [7, 11) is 0. The Morgan fingerprint density at radius 3 is 2.72 bits per heavy atom. The molecule has 5 heteroatoms. The van der Waals surface area contributed by atoms with Gasteiger partial charge in [-0.3, -0.25) is 9.78 Å². The first-order chi connectivity index (χ1) is 14.2. The first-order valence-corrected chi connectivity index (χ1v) is 9.98. The number of hydrogen-bond donors (Lipinski definition) is 1. The predicted octanol–water partition coefficient (Wildman–Crippen LogP) is 5.19. The fourth-order valence-electron chi connectivity index (χ4n) is 3.12. The van der Waals surface area contributed by atoms with Crippen LogP contribution in [0.4, 0.5) is 0 Å². The number of thiophene rings is 1. The van der Waals surface area contributed by atoms with Crippen molar-refractivity contribution in [2.75, 3.05) is 0 Å². The molecule has 0 aliphatic rings. The van der Waals surface area contributed by atoms with Crippen LogP contribution in [0.25, 0.3) is 28.0 Å². The molecule has 0 spiro atoms. The molecule has 0 unspecified atom stereocenters. The second kappa shape index (κ2) is 8.51. The lowest BCUT2D eigenvalue weighted by Gasteiger charge is -2.04. The lowest BCUT2D eigenvalue weighted by molar-refractivity contribution is -0.117. The van der Waals surface area contributed by atoms with E-state index in [1.807, 2.05) is 42.5 Å². The third-order valence-electron chi connectivity index (χ3n) is 4.57. The summed E-state index contributed by atoms with van der Waals surface area (Å²) in [6.07, 6.45) is 4.98. The predicted molar refractivity (Wildman–Crippen MR) is 117 cm³/mol. The molecule has 4 rings (SSSR count). The fraction of sp³-hybridized carbons (Fsp3) is 0.0417. The van der Waals surface area contributed by atoms with Gasteiger partial charge in [-0.15, -0.1) is 11.3 Å². The first kappa shape index (κ1) is 18.6. The molecule has 2 aromatic heterocycles. The van der Waals surface area contributed by atoms with Crippen LogP contribution in [0.3, 0.4) is 0 Å². The molecule has 29 heavy (non-hydrogen) atoms. The summed E-state index contributed by atoms with van der Waals surface area (Å²) in [5, 5.41) is 16.6. The second-order valence-electron chi connectivity index (χ2n) is 6.47. The van der Waals surface area contributed by atoms with Crippen LogP contribution in [-0.4, -0.2) is 10.9 Å². The Balaban J connectivity index is 1.55. The van der Waals surface area contributed by atoms with Crippen LogP contribution in [0, 0.1) is 11.3 Å². The van der Waals surface area contributed by atoms with Crippen molar-refractivity contribution in [2.24, 2.45) is 0 Å². The van der Waals surface area contributed by atoms with Gasteiger partial charge in [0.15, 0.2) is 0 Å². The number of hydrogen-bond acceptors (Lipinski definition) is 4. The fourth-order valence-corrected chi connectivity index (χ4v) is 3.95. The van der Waals surface area contributed by atoms with Crippen LogP contribution in [0.1, 0.15) is 10.4 Å². The van der Waals surface area contributed by atoms with E-state index in [-0.39, 0.29) is 11.5 Å². The van der Waals surface area contributed by atoms with Gasteiger partial charge in [0.05, 0.1) is 0 Å². The van der Waals surface area contributed by atoms with Gasteiger partial charge in [0.1, 0.15) is 11.6 Å². The molecule has 2 aromatic carbocycles. The van der Waals surface area contributed by atoms with Gasteiger partial charge in [0, 0.05) is 23.8 Å². The van der Waals surface area contributed by atoms with Crippen LogP contribution in [0.2, 0.25) is 0 Å². The minimum Gasteiger partial charge on any atom is -0.347 e. The van der Waals surface area contributed by atoms with Crippen molar-refractivity contribution < 1.29 is 4.79 Å². The molecule has 0 atom stereocenters. The molecule has 0 bridgehead atoms. The number of nitriles is 1. The number of carbonyl (C=O) groups is 1. The molecule has 1 amide bonds. The zero-order chi connectivity index (χ0) is 20.1. The average molecular weight is 395 g/mol. The van der Waals surface area contributed by atoms with Crippen LogP contribution in [0.15, 0.2) is 84.0 Å². The SMILES string of the molecule is N#C/C(=C\c1cc(-c2cccc3ccccc23)cs1)C(=O)NCc1ccncc1. The molecule has 0 saturated carbocycles. The Bertz CT molecular complexity index is 1230. The highest BCUT2D eigenvalue weighted by atomic mass is 32.1. The van der Waals surface area contributed by atoms with Crippen molar-refractivity contribution in [3.05, 3.63) is 94.5 Å². The largest absolute Gasteiger partial charge is 0.347 e. The van der Waals surface area contributed by atoms with E-state index in [9.17, 15) is 10.1 Å². The molecule has 4 aromatic rings. The molecular formula is C24H17N3OS. The van der Waals surface area contributed by atoms with Gasteiger partial charge in [-0.05, 0) is 57.1 Å². The van der Waals surface area contributed by atoms with Gasteiger partial charge in [-0.2, -0.15) is 5.26 Å². The molecule has 2 heterocycles. The quantitative estimate of drug-likeness (QED) is 0.374. The number of amides is 1. The van der Waals surface area contributed by atoms with E-state index in [2.05, 4.69) is 39.9 Å². The maximum atomic E-state index is 12.4. The Hall–Kier alpha value is -3.75. The zero-order valence-corrected chi connectivity index (χ0v) is 16.3. The van der Waals surface area contributed by atoms with Crippen molar-refractivity contribution in [3.8, 4) is 17.2 Å². The lowest BCUT2D eigenvalue weighted by atomic mass is 10.00. The second-order valence-corrected chi connectivity index (χ2v) is 7.42. The molecule has 0 saturated heterocycles. The van der Waals surface area contributed by atoms with Crippen LogP contribution in [0.5, 0.6) is 0 Å². The van der Waals surface area contributed by atoms with Gasteiger partial charge < -0.3 is 5.32 Å². The highest BCUT2D eigenvalue weighted by Gasteiger charge is 2.11. The van der Waals surface area contributed by atoms with Gasteiger partial charge in [-0.1, -0.05) is 42.5 Å². The van der Waals surface area contributed by atoms with Crippen molar-refractivity contribution in [3.63, 3.8) is 0 Å². The van der Waals surface area contributed by atoms with Crippen LogP contribution < -0.4 is 5.32 Å². The zero-order valence-electron chi connectivity index (χ0n) is 15.5. The van der Waals surface area contributed by atoms with E-state index < -0.39 is 0 Å². The number of carbonyl (C=O) groups excluding carboxylic acids is 1. The van der Waals surface area contributed by atoms with Gasteiger partial charge in [0.2, 0.25) is 0 Å². The van der Waals surface area contributed by atoms with Crippen molar-refractivity contribution in [1.82, 2.24) is 10.3 Å². The lowest BCUT2D eigenvalue weighted by Crippen LogP contribution is -2.23. The average Bonchev–Trinajstić information content (AvgIpc) is 3.24. The van der Waals surface area contributed by atoms with Gasteiger partial charge >= 0.3 is 0 Å². The van der Waals surface area contributed by atoms with Crippen molar-refractivity contribution >= 4 is 34.1 Å². The summed E-state index contributed by atoms with van der Waals surface area (Å²) < 4.78 is 0. The summed E-state index contributed by atoms with van der Waals surface area (Å²) in [5.74, 6) is -0.385. The molecule has 0 fully saturated rings. The van der Waals surface area contributed by atoms with E-state index >= 15 is 0 Å². The van der Waals surface area contributed by atoms with Crippen LogP contribution >= 0.6 is 11.3 Å². The minimum atomic E-state index is -0.385.